The molecule has 1 N–H and O–H groups in total. The number of aromatic hydroxyl groups is 1. The molecule has 0 unspecified atom stereocenters. The SMILES string of the molecule is O=C1N=c2ccc(F)cc2=C1c1sc(=Nc2ccncc2Cl)n(-c2ccccc2)c1O. The minimum atomic E-state index is -0.550. The van der Waals surface area contributed by atoms with Crippen molar-refractivity contribution >= 4 is 40.1 Å². The molecule has 5 rings (SSSR count). The number of aromatic nitrogens is 2. The third-order valence-corrected chi connectivity index (χ3v) is 6.01. The monoisotopic (exact) mass is 450 g/mol. The maximum absolute atomic E-state index is 13.9. The number of para-hydroxylation sites is 1. The molecule has 0 radical (unpaired) electrons. The summed E-state index contributed by atoms with van der Waals surface area (Å²) in [5.74, 6) is -1.25. The van der Waals surface area contributed by atoms with Gasteiger partial charge in [-0.2, -0.15) is 0 Å². The highest BCUT2D eigenvalue weighted by atomic mass is 35.5. The summed E-state index contributed by atoms with van der Waals surface area (Å²) in [5.41, 5.74) is 1.21. The highest BCUT2D eigenvalue weighted by Crippen LogP contribution is 2.31. The second-order valence-electron chi connectivity index (χ2n) is 6.60. The van der Waals surface area contributed by atoms with Crippen molar-refractivity contribution in [2.24, 2.45) is 9.98 Å². The van der Waals surface area contributed by atoms with E-state index in [1.165, 1.54) is 29.0 Å². The van der Waals surface area contributed by atoms with Crippen LogP contribution in [0.4, 0.5) is 10.1 Å². The quantitative estimate of drug-likeness (QED) is 0.521. The molecule has 0 saturated carbocycles. The van der Waals surface area contributed by atoms with Gasteiger partial charge in [0.05, 0.1) is 27.3 Å². The summed E-state index contributed by atoms with van der Waals surface area (Å²) in [5, 5.41) is 12.2. The fraction of sp³-hybridized carbons (Fsp3) is 0. The topological polar surface area (TPSA) is 79.8 Å². The predicted octanol–water partition coefficient (Wildman–Crippen LogP) is 3.02. The number of benzene rings is 2. The number of pyridine rings is 1. The maximum Gasteiger partial charge on any atom is 0.279 e. The first kappa shape index (κ1) is 19.3. The van der Waals surface area contributed by atoms with E-state index in [-0.39, 0.29) is 16.3 Å². The normalized spacial score (nSPS) is 13.4. The summed E-state index contributed by atoms with van der Waals surface area (Å²) in [4.78, 5) is 25.8. The van der Waals surface area contributed by atoms with Crippen LogP contribution in [0.25, 0.3) is 11.3 Å². The van der Waals surface area contributed by atoms with Gasteiger partial charge in [-0.3, -0.25) is 14.3 Å². The van der Waals surface area contributed by atoms with E-state index < -0.39 is 11.7 Å². The summed E-state index contributed by atoms with van der Waals surface area (Å²) in [7, 11) is 0. The molecule has 0 saturated heterocycles. The van der Waals surface area contributed by atoms with Gasteiger partial charge in [0.25, 0.3) is 5.91 Å². The van der Waals surface area contributed by atoms with E-state index in [2.05, 4.69) is 15.0 Å². The molecule has 0 fully saturated rings. The molecule has 31 heavy (non-hydrogen) atoms. The third kappa shape index (κ3) is 3.35. The van der Waals surface area contributed by atoms with E-state index in [9.17, 15) is 14.3 Å². The van der Waals surface area contributed by atoms with Crippen LogP contribution in [0.15, 0.2) is 77.0 Å². The van der Waals surface area contributed by atoms with Crippen molar-refractivity contribution < 1.29 is 14.3 Å². The molecule has 2 aromatic heterocycles. The molecule has 1 aliphatic heterocycles. The smallest absolute Gasteiger partial charge is 0.279 e. The molecule has 0 aliphatic carbocycles. The van der Waals surface area contributed by atoms with Crippen LogP contribution in [-0.4, -0.2) is 20.6 Å². The minimum absolute atomic E-state index is 0.129. The van der Waals surface area contributed by atoms with Crippen LogP contribution >= 0.6 is 22.9 Å². The average Bonchev–Trinajstić information content (AvgIpc) is 3.25. The number of thiazole rings is 1. The number of hydrogen-bond acceptors (Lipinski definition) is 5. The zero-order valence-corrected chi connectivity index (χ0v) is 17.2. The molecule has 1 amide bonds. The Hall–Kier alpha value is -3.62. The number of fused-ring (bicyclic) bond motifs is 1. The van der Waals surface area contributed by atoms with Crippen molar-refractivity contribution in [3.05, 3.63) is 98.1 Å². The first-order valence-electron chi connectivity index (χ1n) is 9.10. The number of halogens is 2. The van der Waals surface area contributed by atoms with Gasteiger partial charge in [0, 0.05) is 17.6 Å². The Bertz CT molecular complexity index is 1540. The molecule has 0 bridgehead atoms. The molecule has 6 nitrogen and oxygen atoms in total. The Balaban J connectivity index is 1.86. The van der Waals surface area contributed by atoms with E-state index in [0.717, 1.165) is 11.3 Å². The molecule has 3 heterocycles. The van der Waals surface area contributed by atoms with Crippen molar-refractivity contribution in [3.8, 4) is 11.6 Å². The first-order valence-corrected chi connectivity index (χ1v) is 10.3. The van der Waals surface area contributed by atoms with E-state index in [1.807, 2.05) is 18.2 Å². The number of rotatable bonds is 3. The van der Waals surface area contributed by atoms with Crippen LogP contribution in [0.5, 0.6) is 5.88 Å². The lowest BCUT2D eigenvalue weighted by Gasteiger charge is -2.05. The lowest BCUT2D eigenvalue weighted by Crippen LogP contribution is -2.23. The van der Waals surface area contributed by atoms with Crippen LogP contribution in [0.3, 0.4) is 0 Å². The fourth-order valence-corrected chi connectivity index (χ4v) is 4.54. The molecule has 2 aromatic carbocycles. The summed E-state index contributed by atoms with van der Waals surface area (Å²) < 4.78 is 15.4. The molecule has 4 aromatic rings. The van der Waals surface area contributed by atoms with Crippen molar-refractivity contribution in [2.45, 2.75) is 0 Å². The summed E-state index contributed by atoms with van der Waals surface area (Å²) in [6.07, 6.45) is 3.02. The van der Waals surface area contributed by atoms with Gasteiger partial charge < -0.3 is 5.11 Å². The number of carbonyl (C=O) groups is 1. The third-order valence-electron chi connectivity index (χ3n) is 4.67. The fourth-order valence-electron chi connectivity index (χ4n) is 3.29. The standard InChI is InChI=1S/C22H12ClFN4O2S/c23-15-11-25-9-8-17(15)27-22-28(13-4-2-1-3-5-13)21(30)19(31-22)18-14-10-12(24)6-7-16(14)26-20(18)29/h1-11,30H. The Kier molecular flexibility index (Phi) is 4.72. The average molecular weight is 451 g/mol. The Labute approximate surface area is 183 Å². The summed E-state index contributed by atoms with van der Waals surface area (Å²) >= 11 is 7.30. The Morgan fingerprint density at radius 1 is 1.13 bits per heavy atom. The second-order valence-corrected chi connectivity index (χ2v) is 7.99. The molecule has 152 valence electrons. The molecule has 0 atom stereocenters. The van der Waals surface area contributed by atoms with Crippen LogP contribution < -0.4 is 15.4 Å². The molecular formula is C22H12ClFN4O2S. The van der Waals surface area contributed by atoms with Gasteiger partial charge in [-0.05, 0) is 36.4 Å². The zero-order chi connectivity index (χ0) is 21.5. The summed E-state index contributed by atoms with van der Waals surface area (Å²) in [6.45, 7) is 0. The van der Waals surface area contributed by atoms with Crippen LogP contribution in [0, 0.1) is 5.82 Å². The van der Waals surface area contributed by atoms with Crippen molar-refractivity contribution in [3.63, 3.8) is 0 Å². The lowest BCUT2D eigenvalue weighted by molar-refractivity contribution is -0.112. The lowest BCUT2D eigenvalue weighted by atomic mass is 10.1. The molecular weight excluding hydrogens is 439 g/mol. The second kappa shape index (κ2) is 7.57. The largest absolute Gasteiger partial charge is 0.493 e. The van der Waals surface area contributed by atoms with E-state index in [1.54, 1.807) is 24.4 Å². The van der Waals surface area contributed by atoms with Crippen molar-refractivity contribution in [2.75, 3.05) is 0 Å². The predicted molar refractivity (Wildman–Crippen MR) is 114 cm³/mol. The van der Waals surface area contributed by atoms with Crippen molar-refractivity contribution in [1.29, 1.82) is 0 Å². The van der Waals surface area contributed by atoms with Gasteiger partial charge in [0.15, 0.2) is 4.80 Å². The van der Waals surface area contributed by atoms with Gasteiger partial charge >= 0.3 is 0 Å². The first-order chi connectivity index (χ1) is 15.0. The van der Waals surface area contributed by atoms with Crippen LogP contribution in [0.1, 0.15) is 4.88 Å². The molecule has 9 heteroatoms. The van der Waals surface area contributed by atoms with Crippen LogP contribution in [-0.2, 0) is 4.79 Å². The van der Waals surface area contributed by atoms with Gasteiger partial charge in [-0.1, -0.05) is 41.1 Å². The highest BCUT2D eigenvalue weighted by Gasteiger charge is 2.26. The highest BCUT2D eigenvalue weighted by molar-refractivity contribution is 7.11. The van der Waals surface area contributed by atoms with Gasteiger partial charge in [-0.15, -0.1) is 0 Å². The number of carbonyl (C=O) groups excluding carboxylic acids is 1. The maximum atomic E-state index is 13.9. The van der Waals surface area contributed by atoms with Gasteiger partial charge in [-0.25, -0.2) is 14.4 Å². The van der Waals surface area contributed by atoms with E-state index >= 15 is 0 Å². The molecule has 1 aliphatic rings. The minimum Gasteiger partial charge on any atom is -0.493 e. The van der Waals surface area contributed by atoms with Crippen LogP contribution in [0.2, 0.25) is 5.02 Å². The number of hydrogen-bond donors (Lipinski definition) is 1. The zero-order valence-electron chi connectivity index (χ0n) is 15.7. The number of amides is 1. The van der Waals surface area contributed by atoms with Crippen molar-refractivity contribution in [1.82, 2.24) is 9.55 Å². The Morgan fingerprint density at radius 3 is 2.71 bits per heavy atom. The Morgan fingerprint density at radius 2 is 1.94 bits per heavy atom. The molecule has 0 spiro atoms. The summed E-state index contributed by atoms with van der Waals surface area (Å²) in [6, 6.07) is 14.6. The van der Waals surface area contributed by atoms with Gasteiger partial charge in [0.1, 0.15) is 10.7 Å². The van der Waals surface area contributed by atoms with E-state index in [0.29, 0.717) is 31.8 Å². The number of nitrogens with zero attached hydrogens (tertiary/aromatic N) is 4. The van der Waals surface area contributed by atoms with Gasteiger partial charge in [0.2, 0.25) is 5.88 Å². The van der Waals surface area contributed by atoms with E-state index in [4.69, 9.17) is 11.6 Å².